The average Bonchev–Trinajstić information content (AvgIpc) is 2.96. The average molecular weight is 493 g/mol. The van der Waals surface area contributed by atoms with Crippen molar-refractivity contribution in [3.63, 3.8) is 0 Å². The largest absolute Gasteiger partial charge is 1.00 e. The van der Waals surface area contributed by atoms with Crippen LogP contribution in [0.1, 0.15) is 46.0 Å². The summed E-state index contributed by atoms with van der Waals surface area (Å²) in [4.78, 5) is 24.3. The van der Waals surface area contributed by atoms with E-state index in [1.807, 2.05) is 13.0 Å². The van der Waals surface area contributed by atoms with E-state index in [0.29, 0.717) is 19.3 Å². The summed E-state index contributed by atoms with van der Waals surface area (Å²) in [5.74, 6) is -1.62. The van der Waals surface area contributed by atoms with Gasteiger partial charge in [-0.05, 0) is 56.1 Å². The van der Waals surface area contributed by atoms with Gasteiger partial charge in [-0.3, -0.25) is 8.98 Å². The van der Waals surface area contributed by atoms with E-state index in [4.69, 9.17) is 0 Å². The number of allylic oxidation sites excluding steroid dienone is 4. The number of fused-ring (bicyclic) bond motifs is 5. The van der Waals surface area contributed by atoms with Gasteiger partial charge in [-0.25, -0.2) is 13.2 Å². The number of aliphatic hydroxyl groups excluding tert-OH is 1. The minimum Gasteiger partial charge on any atom is -0.725 e. The zero-order chi connectivity index (χ0) is 23.7. The van der Waals surface area contributed by atoms with Crippen LogP contribution in [0.3, 0.4) is 0 Å². The monoisotopic (exact) mass is 492 g/mol. The number of carbonyl (C=O) groups excluding carboxylic acids is 2. The van der Waals surface area contributed by atoms with Crippen LogP contribution in [0.25, 0.3) is 0 Å². The smallest absolute Gasteiger partial charge is 0.725 e. The second-order valence-corrected chi connectivity index (χ2v) is 11.1. The molecule has 33 heavy (non-hydrogen) atoms. The summed E-state index contributed by atoms with van der Waals surface area (Å²) in [7, 11) is -4.29. The first kappa shape index (κ1) is 27.0. The topological polar surface area (TPSA) is 150 Å². The second kappa shape index (κ2) is 8.81. The maximum Gasteiger partial charge on any atom is 1.00 e. The number of esters is 1. The Labute approximate surface area is 215 Å². The molecule has 4 rings (SSSR count). The SMILES string of the molecule is COC(=O)[C@@H](OS(=O)(=O)[O-])[C@@]1(O)CC[C@H]2[C@@H]3CCC4=CC(=O)C=C[C@]4(C)[C@H]3[C@@H](O)C[C@@]21C.[Na+]. The van der Waals surface area contributed by atoms with E-state index in [9.17, 15) is 32.8 Å². The van der Waals surface area contributed by atoms with E-state index < -0.39 is 45.0 Å². The Kier molecular flexibility index (Phi) is 7.21. The molecular formula is C22H29NaO9S. The molecule has 0 heterocycles. The van der Waals surface area contributed by atoms with Gasteiger partial charge in [-0.15, -0.1) is 0 Å². The molecule has 4 aliphatic rings. The molecule has 0 aromatic rings. The van der Waals surface area contributed by atoms with Crippen LogP contribution in [0.15, 0.2) is 23.8 Å². The number of ether oxygens (including phenoxy) is 1. The fourth-order valence-corrected chi connectivity index (χ4v) is 7.81. The van der Waals surface area contributed by atoms with Gasteiger partial charge in [0.25, 0.3) is 0 Å². The Morgan fingerprint density at radius 1 is 1.30 bits per heavy atom. The molecule has 2 N–H and O–H groups in total. The molecule has 4 aliphatic carbocycles. The van der Waals surface area contributed by atoms with Crippen molar-refractivity contribution in [3.8, 4) is 0 Å². The van der Waals surface area contributed by atoms with Crippen molar-refractivity contribution in [3.05, 3.63) is 23.8 Å². The quantitative estimate of drug-likeness (QED) is 0.197. The van der Waals surface area contributed by atoms with Gasteiger partial charge in [-0.2, -0.15) is 0 Å². The molecule has 11 heteroatoms. The van der Waals surface area contributed by atoms with Crippen molar-refractivity contribution < 1.29 is 71.2 Å². The molecule has 0 unspecified atom stereocenters. The number of hydrogen-bond acceptors (Lipinski definition) is 9. The summed E-state index contributed by atoms with van der Waals surface area (Å²) >= 11 is 0. The van der Waals surface area contributed by atoms with E-state index in [-0.39, 0.29) is 65.9 Å². The predicted octanol–water partition coefficient (Wildman–Crippen LogP) is -1.98. The summed E-state index contributed by atoms with van der Waals surface area (Å²) in [6.45, 7) is 3.73. The number of carbonyl (C=O) groups is 2. The number of methoxy groups -OCH3 is 1. The number of hydrogen-bond donors (Lipinski definition) is 2. The summed E-state index contributed by atoms with van der Waals surface area (Å²) in [5, 5.41) is 23.0. The first-order valence-electron chi connectivity index (χ1n) is 10.8. The molecule has 3 saturated carbocycles. The third-order valence-electron chi connectivity index (χ3n) is 8.77. The van der Waals surface area contributed by atoms with Crippen LogP contribution in [-0.2, 0) is 28.9 Å². The molecule has 8 atom stereocenters. The Morgan fingerprint density at radius 3 is 2.58 bits per heavy atom. The van der Waals surface area contributed by atoms with Crippen LogP contribution < -0.4 is 29.6 Å². The van der Waals surface area contributed by atoms with Crippen molar-refractivity contribution in [1.82, 2.24) is 0 Å². The molecule has 9 nitrogen and oxygen atoms in total. The Morgan fingerprint density at radius 2 is 1.97 bits per heavy atom. The van der Waals surface area contributed by atoms with Gasteiger partial charge in [0, 0.05) is 16.7 Å². The number of rotatable bonds is 4. The van der Waals surface area contributed by atoms with E-state index in [1.165, 1.54) is 6.08 Å². The van der Waals surface area contributed by atoms with Crippen molar-refractivity contribution in [1.29, 1.82) is 0 Å². The molecule has 0 aliphatic heterocycles. The van der Waals surface area contributed by atoms with Gasteiger partial charge in [-0.1, -0.05) is 25.5 Å². The van der Waals surface area contributed by atoms with Gasteiger partial charge >= 0.3 is 35.5 Å². The maximum absolute atomic E-state index is 12.4. The predicted molar refractivity (Wildman–Crippen MR) is 110 cm³/mol. The molecule has 0 aromatic heterocycles. The molecule has 0 spiro atoms. The van der Waals surface area contributed by atoms with Crippen LogP contribution in [-0.4, -0.2) is 59.9 Å². The molecule has 0 bridgehead atoms. The fourth-order valence-electron chi connectivity index (χ4n) is 7.33. The molecule has 0 amide bonds. The third-order valence-corrected chi connectivity index (χ3v) is 9.20. The molecule has 3 fully saturated rings. The van der Waals surface area contributed by atoms with Crippen LogP contribution in [0.4, 0.5) is 0 Å². The maximum atomic E-state index is 12.4. The molecule has 0 radical (unpaired) electrons. The minimum absolute atomic E-state index is 0. The zero-order valence-corrected chi connectivity index (χ0v) is 22.1. The van der Waals surface area contributed by atoms with Gasteiger partial charge in [0.05, 0.1) is 13.2 Å². The number of ketones is 1. The Balaban J connectivity index is 0.00000306. The summed E-state index contributed by atoms with van der Waals surface area (Å²) in [6.07, 6.45) is 4.03. The van der Waals surface area contributed by atoms with Crippen molar-refractivity contribution in [2.75, 3.05) is 7.11 Å². The molecule has 178 valence electrons. The van der Waals surface area contributed by atoms with Gasteiger partial charge < -0.3 is 19.5 Å². The summed E-state index contributed by atoms with van der Waals surface area (Å²) < 4.78 is 43.3. The van der Waals surface area contributed by atoms with Crippen LogP contribution in [0.2, 0.25) is 0 Å². The summed E-state index contributed by atoms with van der Waals surface area (Å²) in [5.41, 5.74) is -2.63. The molecular weight excluding hydrogens is 463 g/mol. The van der Waals surface area contributed by atoms with Crippen LogP contribution in [0.5, 0.6) is 0 Å². The van der Waals surface area contributed by atoms with E-state index >= 15 is 0 Å². The fraction of sp³-hybridized carbons (Fsp3) is 0.727. The normalized spacial score (nSPS) is 42.8. The Hall–Kier alpha value is -0.590. The first-order valence-corrected chi connectivity index (χ1v) is 12.2. The van der Waals surface area contributed by atoms with Crippen LogP contribution >= 0.6 is 0 Å². The number of aliphatic hydroxyl groups is 2. The van der Waals surface area contributed by atoms with E-state index in [0.717, 1.165) is 12.7 Å². The van der Waals surface area contributed by atoms with Gasteiger partial charge in [0.1, 0.15) is 5.60 Å². The van der Waals surface area contributed by atoms with Crippen molar-refractivity contribution in [2.45, 2.75) is 63.8 Å². The second-order valence-electron chi connectivity index (χ2n) is 10.1. The van der Waals surface area contributed by atoms with E-state index in [1.54, 1.807) is 13.0 Å². The minimum atomic E-state index is -5.31. The van der Waals surface area contributed by atoms with Gasteiger partial charge in [0.15, 0.2) is 5.78 Å². The van der Waals surface area contributed by atoms with Crippen molar-refractivity contribution in [2.24, 2.45) is 28.6 Å². The van der Waals surface area contributed by atoms with Crippen LogP contribution in [0, 0.1) is 28.6 Å². The van der Waals surface area contributed by atoms with Gasteiger partial charge in [0.2, 0.25) is 16.5 Å². The summed E-state index contributed by atoms with van der Waals surface area (Å²) in [6, 6.07) is 0. The third kappa shape index (κ3) is 4.10. The van der Waals surface area contributed by atoms with Crippen molar-refractivity contribution >= 4 is 22.2 Å². The molecule has 0 aromatic carbocycles. The standard InChI is InChI=1S/C22H30O9S.Na/c1-20-8-6-13(23)10-12(20)4-5-14-15-7-9-22(26,21(15,2)11-16(24)17(14)20)18(19(25)30-3)31-32(27,28)29;/h6,8,10,14-18,24,26H,4-5,7,9,11H2,1-3H3,(H,27,28,29);/q;+1/p-1/t14-,15-,16-,17+,18+,20-,21-,22-;/m0./s1. The van der Waals surface area contributed by atoms with E-state index in [2.05, 4.69) is 8.92 Å². The zero-order valence-electron chi connectivity index (χ0n) is 19.3. The molecule has 0 saturated heterocycles. The Bertz CT molecular complexity index is 1010. The first-order chi connectivity index (χ1) is 14.8.